The first-order valence-electron chi connectivity index (χ1n) is 7.30. The fourth-order valence-corrected chi connectivity index (χ4v) is 2.76. The van der Waals surface area contributed by atoms with Gasteiger partial charge in [0.25, 0.3) is 0 Å². The maximum atomic E-state index is 6.43. The molecule has 2 rings (SSSR count). The number of hydrogen-bond acceptors (Lipinski definition) is 3. The summed E-state index contributed by atoms with van der Waals surface area (Å²) in [7, 11) is 1.73. The molecule has 2 atom stereocenters. The zero-order chi connectivity index (χ0) is 13.8. The van der Waals surface area contributed by atoms with E-state index in [4.69, 9.17) is 10.5 Å². The lowest BCUT2D eigenvalue weighted by Gasteiger charge is -2.30. The minimum absolute atomic E-state index is 0.0106. The van der Waals surface area contributed by atoms with E-state index in [1.807, 2.05) is 0 Å². The van der Waals surface area contributed by atoms with E-state index in [-0.39, 0.29) is 6.04 Å². The van der Waals surface area contributed by atoms with Crippen LogP contribution in [0, 0.1) is 0 Å². The van der Waals surface area contributed by atoms with Crippen molar-refractivity contribution in [2.45, 2.75) is 51.1 Å². The average Bonchev–Trinajstić information content (AvgIpc) is 2.46. The second kappa shape index (κ2) is 6.40. The Balaban J connectivity index is 2.22. The van der Waals surface area contributed by atoms with Gasteiger partial charge in [-0.05, 0) is 36.9 Å². The summed E-state index contributed by atoms with van der Waals surface area (Å²) in [4.78, 5) is 0. The number of rotatable bonds is 4. The van der Waals surface area contributed by atoms with Crippen LogP contribution < -0.4 is 15.8 Å². The Labute approximate surface area is 116 Å². The molecule has 0 bridgehead atoms. The molecule has 3 nitrogen and oxygen atoms in total. The molecule has 1 fully saturated rings. The molecule has 1 aromatic carbocycles. The van der Waals surface area contributed by atoms with Crippen molar-refractivity contribution in [2.75, 3.05) is 13.7 Å². The third-order valence-electron chi connectivity index (χ3n) is 4.07. The molecular formula is C16H26N2O. The van der Waals surface area contributed by atoms with Gasteiger partial charge in [0.15, 0.2) is 0 Å². The summed E-state index contributed by atoms with van der Waals surface area (Å²) >= 11 is 0. The molecule has 0 spiro atoms. The molecule has 1 aliphatic heterocycles. The molecular weight excluding hydrogens is 236 g/mol. The highest BCUT2D eigenvalue weighted by molar-refractivity contribution is 5.41. The molecule has 1 aliphatic rings. The van der Waals surface area contributed by atoms with Crippen LogP contribution in [0.3, 0.4) is 0 Å². The van der Waals surface area contributed by atoms with Gasteiger partial charge in [0, 0.05) is 17.6 Å². The zero-order valence-corrected chi connectivity index (χ0v) is 12.3. The number of nitrogens with one attached hydrogen (secondary N) is 1. The topological polar surface area (TPSA) is 47.3 Å². The molecule has 0 amide bonds. The van der Waals surface area contributed by atoms with Gasteiger partial charge in [0.05, 0.1) is 7.11 Å². The summed E-state index contributed by atoms with van der Waals surface area (Å²) in [5, 5.41) is 3.53. The number of piperidine rings is 1. The molecule has 1 saturated heterocycles. The average molecular weight is 262 g/mol. The van der Waals surface area contributed by atoms with Crippen molar-refractivity contribution in [1.82, 2.24) is 5.32 Å². The van der Waals surface area contributed by atoms with Crippen LogP contribution in [0.1, 0.15) is 56.2 Å². The van der Waals surface area contributed by atoms with E-state index in [1.165, 1.54) is 18.4 Å². The van der Waals surface area contributed by atoms with E-state index in [2.05, 4.69) is 37.4 Å². The van der Waals surface area contributed by atoms with Gasteiger partial charge in [0.2, 0.25) is 0 Å². The van der Waals surface area contributed by atoms with E-state index < -0.39 is 0 Å². The van der Waals surface area contributed by atoms with E-state index in [1.54, 1.807) is 7.11 Å². The number of ether oxygens (including phenoxy) is 1. The largest absolute Gasteiger partial charge is 0.496 e. The summed E-state index contributed by atoms with van der Waals surface area (Å²) in [5.41, 5.74) is 8.84. The second-order valence-electron chi connectivity index (χ2n) is 5.74. The third kappa shape index (κ3) is 3.28. The normalized spacial score (nSPS) is 21.4. The number of methoxy groups -OCH3 is 1. The Morgan fingerprint density at radius 3 is 2.68 bits per heavy atom. The Morgan fingerprint density at radius 1 is 1.32 bits per heavy atom. The highest BCUT2D eigenvalue weighted by Crippen LogP contribution is 2.31. The van der Waals surface area contributed by atoms with Gasteiger partial charge in [0.1, 0.15) is 5.75 Å². The van der Waals surface area contributed by atoms with Crippen molar-refractivity contribution >= 4 is 0 Å². The number of benzene rings is 1. The summed E-state index contributed by atoms with van der Waals surface area (Å²) in [6.07, 6.45) is 3.67. The first kappa shape index (κ1) is 14.4. The minimum atomic E-state index is 0.0106. The fourth-order valence-electron chi connectivity index (χ4n) is 2.76. The predicted molar refractivity (Wildman–Crippen MR) is 79.7 cm³/mol. The minimum Gasteiger partial charge on any atom is -0.496 e. The van der Waals surface area contributed by atoms with Gasteiger partial charge in [-0.3, -0.25) is 0 Å². The molecule has 0 aromatic heterocycles. The molecule has 1 aromatic rings. The van der Waals surface area contributed by atoms with Gasteiger partial charge >= 0.3 is 0 Å². The van der Waals surface area contributed by atoms with Crippen molar-refractivity contribution in [2.24, 2.45) is 5.73 Å². The lowest BCUT2D eigenvalue weighted by atomic mass is 9.91. The molecule has 2 unspecified atom stereocenters. The monoisotopic (exact) mass is 262 g/mol. The molecule has 0 aliphatic carbocycles. The van der Waals surface area contributed by atoms with Gasteiger partial charge in [-0.25, -0.2) is 0 Å². The molecule has 3 N–H and O–H groups in total. The highest BCUT2D eigenvalue weighted by Gasteiger charge is 2.24. The lowest BCUT2D eigenvalue weighted by Crippen LogP contribution is -2.42. The Hall–Kier alpha value is -1.06. The van der Waals surface area contributed by atoms with Crippen LogP contribution in [0.5, 0.6) is 5.75 Å². The van der Waals surface area contributed by atoms with Gasteiger partial charge in [-0.1, -0.05) is 32.4 Å². The lowest BCUT2D eigenvalue weighted by molar-refractivity contribution is 0.342. The number of hydrogen-bond donors (Lipinski definition) is 2. The van der Waals surface area contributed by atoms with Crippen molar-refractivity contribution in [3.8, 4) is 5.75 Å². The van der Waals surface area contributed by atoms with Crippen LogP contribution in [-0.2, 0) is 0 Å². The first-order valence-corrected chi connectivity index (χ1v) is 7.30. The molecule has 0 saturated carbocycles. The Morgan fingerprint density at radius 2 is 2.11 bits per heavy atom. The number of nitrogens with two attached hydrogens (primary N) is 1. The van der Waals surface area contributed by atoms with Crippen LogP contribution in [0.4, 0.5) is 0 Å². The summed E-state index contributed by atoms with van der Waals surface area (Å²) in [5.74, 6) is 1.43. The Kier molecular flexibility index (Phi) is 4.83. The van der Waals surface area contributed by atoms with Gasteiger partial charge in [-0.15, -0.1) is 0 Å². The van der Waals surface area contributed by atoms with Crippen LogP contribution in [0.25, 0.3) is 0 Å². The standard InChI is InChI=1S/C16H26N2O/c1-11(2)12-7-8-13(15(10-12)19-3)16(17)14-6-4-5-9-18-14/h7-8,10-11,14,16,18H,4-6,9,17H2,1-3H3. The predicted octanol–water partition coefficient (Wildman–Crippen LogP) is 2.96. The molecule has 0 radical (unpaired) electrons. The van der Waals surface area contributed by atoms with Crippen LogP contribution in [0.15, 0.2) is 18.2 Å². The maximum absolute atomic E-state index is 6.43. The van der Waals surface area contributed by atoms with E-state index in [9.17, 15) is 0 Å². The van der Waals surface area contributed by atoms with Crippen molar-refractivity contribution < 1.29 is 4.74 Å². The molecule has 19 heavy (non-hydrogen) atoms. The van der Waals surface area contributed by atoms with Crippen molar-refractivity contribution in [1.29, 1.82) is 0 Å². The van der Waals surface area contributed by atoms with Gasteiger partial charge < -0.3 is 15.8 Å². The first-order chi connectivity index (χ1) is 9.13. The van der Waals surface area contributed by atoms with Gasteiger partial charge in [-0.2, -0.15) is 0 Å². The van der Waals surface area contributed by atoms with Crippen molar-refractivity contribution in [3.05, 3.63) is 29.3 Å². The zero-order valence-electron chi connectivity index (χ0n) is 12.3. The summed E-state index contributed by atoms with van der Waals surface area (Å²) in [6.45, 7) is 5.46. The Bertz CT molecular complexity index is 411. The molecule has 106 valence electrons. The summed E-state index contributed by atoms with van der Waals surface area (Å²) in [6, 6.07) is 6.81. The SMILES string of the molecule is COc1cc(C(C)C)ccc1C(N)C1CCCCN1. The van der Waals surface area contributed by atoms with Crippen LogP contribution in [0.2, 0.25) is 0 Å². The maximum Gasteiger partial charge on any atom is 0.123 e. The van der Waals surface area contributed by atoms with E-state index >= 15 is 0 Å². The highest BCUT2D eigenvalue weighted by atomic mass is 16.5. The van der Waals surface area contributed by atoms with E-state index in [0.29, 0.717) is 12.0 Å². The van der Waals surface area contributed by atoms with Crippen molar-refractivity contribution in [3.63, 3.8) is 0 Å². The fraction of sp³-hybridized carbons (Fsp3) is 0.625. The molecule has 1 heterocycles. The smallest absolute Gasteiger partial charge is 0.123 e. The van der Waals surface area contributed by atoms with Crippen LogP contribution >= 0.6 is 0 Å². The second-order valence-corrected chi connectivity index (χ2v) is 5.74. The third-order valence-corrected chi connectivity index (χ3v) is 4.07. The quantitative estimate of drug-likeness (QED) is 0.877. The molecule has 3 heteroatoms. The van der Waals surface area contributed by atoms with Crippen LogP contribution in [-0.4, -0.2) is 19.7 Å². The summed E-state index contributed by atoms with van der Waals surface area (Å²) < 4.78 is 5.54. The van der Waals surface area contributed by atoms with E-state index in [0.717, 1.165) is 24.3 Å².